The number of hydrogen-bond donors (Lipinski definition) is 1. The summed E-state index contributed by atoms with van der Waals surface area (Å²) >= 11 is 0. The molecule has 25 heavy (non-hydrogen) atoms. The van der Waals surface area contributed by atoms with Gasteiger partial charge in [0.25, 0.3) is 0 Å². The van der Waals surface area contributed by atoms with Crippen molar-refractivity contribution in [2.24, 2.45) is 0 Å². The van der Waals surface area contributed by atoms with E-state index in [4.69, 9.17) is 4.74 Å². The summed E-state index contributed by atoms with van der Waals surface area (Å²) < 4.78 is 7.49. The van der Waals surface area contributed by atoms with E-state index in [0.717, 1.165) is 41.4 Å². The predicted octanol–water partition coefficient (Wildman–Crippen LogP) is 3.61. The zero-order valence-electron chi connectivity index (χ0n) is 14.4. The van der Waals surface area contributed by atoms with Crippen molar-refractivity contribution in [3.8, 4) is 11.4 Å². The molecule has 0 saturated heterocycles. The van der Waals surface area contributed by atoms with Crippen LogP contribution < -0.4 is 10.1 Å². The molecule has 2 aromatic heterocycles. The van der Waals surface area contributed by atoms with Crippen molar-refractivity contribution in [2.45, 2.75) is 26.2 Å². The Morgan fingerprint density at radius 1 is 1.24 bits per heavy atom. The molecule has 0 aliphatic heterocycles. The average molecular weight is 334 g/mol. The van der Waals surface area contributed by atoms with Crippen molar-refractivity contribution >= 4 is 11.6 Å². The maximum absolute atomic E-state index is 5.54. The first-order valence-corrected chi connectivity index (χ1v) is 8.38. The summed E-state index contributed by atoms with van der Waals surface area (Å²) in [5.41, 5.74) is 5.05. The van der Waals surface area contributed by atoms with Crippen molar-refractivity contribution in [1.82, 2.24) is 19.5 Å². The minimum absolute atomic E-state index is 0.602. The molecule has 0 saturated carbocycles. The molecular formula is C19H20N5O. The van der Waals surface area contributed by atoms with Gasteiger partial charge in [0.1, 0.15) is 5.75 Å². The molecule has 0 amide bonds. The quantitative estimate of drug-likeness (QED) is 0.789. The maximum Gasteiger partial charge on any atom is 0.227 e. The highest BCUT2D eigenvalue weighted by molar-refractivity contribution is 5.62. The lowest BCUT2D eigenvalue weighted by atomic mass is 9.98. The number of fused-ring (bicyclic) bond motifs is 1. The number of aromatic nitrogens is 4. The summed E-state index contributed by atoms with van der Waals surface area (Å²) in [6, 6.07) is 5.92. The number of hydrogen-bond acceptors (Lipinski definition) is 5. The smallest absolute Gasteiger partial charge is 0.227 e. The minimum atomic E-state index is 0.602. The van der Waals surface area contributed by atoms with Gasteiger partial charge >= 0.3 is 0 Å². The largest absolute Gasteiger partial charge is 0.494 e. The normalized spacial score (nSPS) is 13.4. The Bertz CT molecular complexity index is 903. The predicted molar refractivity (Wildman–Crippen MR) is 96.5 cm³/mol. The second kappa shape index (κ2) is 6.55. The lowest BCUT2D eigenvalue weighted by Crippen LogP contribution is -2.07. The first-order chi connectivity index (χ1) is 12.2. The standard InChI is InChI=1S/C19H20N5O/c1-13-11-24(12-21-13)17-8-7-15(9-18(17)25-2)22-19-20-10-14-5-3-4-6-16(14)23-19/h6-12H,3-5H2,1-2H3,(H,20,22,23). The molecule has 3 aromatic rings. The number of nitrogens with one attached hydrogen (secondary N) is 1. The Balaban J connectivity index is 1.61. The molecule has 4 rings (SSSR count). The van der Waals surface area contributed by atoms with Crippen LogP contribution in [-0.2, 0) is 6.42 Å². The fraction of sp³-hybridized carbons (Fsp3) is 0.263. The van der Waals surface area contributed by atoms with Crippen LogP contribution >= 0.6 is 0 Å². The molecular weight excluding hydrogens is 314 g/mol. The van der Waals surface area contributed by atoms with Crippen molar-refractivity contribution in [2.75, 3.05) is 12.4 Å². The second-order valence-corrected chi connectivity index (χ2v) is 6.13. The van der Waals surface area contributed by atoms with Gasteiger partial charge in [-0.25, -0.2) is 15.0 Å². The number of anilines is 2. The second-order valence-electron chi connectivity index (χ2n) is 6.13. The molecule has 0 atom stereocenters. The highest BCUT2D eigenvalue weighted by atomic mass is 16.5. The number of imidazole rings is 1. The van der Waals surface area contributed by atoms with Crippen molar-refractivity contribution in [3.63, 3.8) is 0 Å². The van der Waals surface area contributed by atoms with E-state index < -0.39 is 0 Å². The zero-order chi connectivity index (χ0) is 17.2. The van der Waals surface area contributed by atoms with Gasteiger partial charge in [0, 0.05) is 30.6 Å². The van der Waals surface area contributed by atoms with Crippen LogP contribution in [0, 0.1) is 13.3 Å². The van der Waals surface area contributed by atoms with Crippen LogP contribution in [0.15, 0.2) is 36.9 Å². The number of rotatable bonds is 4. The molecule has 1 radical (unpaired) electrons. The molecule has 0 fully saturated rings. The molecule has 1 aromatic carbocycles. The topological polar surface area (TPSA) is 64.9 Å². The van der Waals surface area contributed by atoms with Crippen LogP contribution in [-0.4, -0.2) is 26.6 Å². The Kier molecular flexibility index (Phi) is 4.09. The fourth-order valence-corrected chi connectivity index (χ4v) is 3.03. The number of benzene rings is 1. The van der Waals surface area contributed by atoms with Crippen molar-refractivity contribution in [1.29, 1.82) is 0 Å². The molecule has 1 N–H and O–H groups in total. The van der Waals surface area contributed by atoms with E-state index in [1.165, 1.54) is 12.0 Å². The molecule has 0 spiro atoms. The van der Waals surface area contributed by atoms with E-state index in [9.17, 15) is 0 Å². The molecule has 0 bridgehead atoms. The molecule has 6 nitrogen and oxygen atoms in total. The van der Waals surface area contributed by atoms with Crippen molar-refractivity contribution < 1.29 is 4.74 Å². The third-order valence-corrected chi connectivity index (χ3v) is 4.31. The SMILES string of the molecule is COc1cc(Nc2ncc3c(n2)[CH]CCC3)ccc1-n1cnc(C)c1. The number of nitrogens with zero attached hydrogens (tertiary/aromatic N) is 4. The van der Waals surface area contributed by atoms with Gasteiger partial charge in [0.15, 0.2) is 0 Å². The first-order valence-electron chi connectivity index (χ1n) is 8.38. The van der Waals surface area contributed by atoms with Gasteiger partial charge < -0.3 is 14.6 Å². The van der Waals surface area contributed by atoms with Gasteiger partial charge in [-0.15, -0.1) is 0 Å². The molecule has 1 aliphatic carbocycles. The Morgan fingerprint density at radius 2 is 2.16 bits per heavy atom. The Hall–Kier alpha value is -2.89. The van der Waals surface area contributed by atoms with Crippen LogP contribution in [0.4, 0.5) is 11.6 Å². The lowest BCUT2D eigenvalue weighted by Gasteiger charge is -2.15. The van der Waals surface area contributed by atoms with Gasteiger partial charge in [-0.3, -0.25) is 0 Å². The third-order valence-electron chi connectivity index (χ3n) is 4.31. The van der Waals surface area contributed by atoms with Gasteiger partial charge in [-0.2, -0.15) is 0 Å². The minimum Gasteiger partial charge on any atom is -0.494 e. The van der Waals surface area contributed by atoms with Crippen LogP contribution in [0.25, 0.3) is 5.69 Å². The number of ether oxygens (including phenoxy) is 1. The van der Waals surface area contributed by atoms with E-state index in [-0.39, 0.29) is 0 Å². The van der Waals surface area contributed by atoms with Gasteiger partial charge in [-0.1, -0.05) is 0 Å². The number of methoxy groups -OCH3 is 1. The van der Waals surface area contributed by atoms with Gasteiger partial charge in [-0.05, 0) is 43.9 Å². The van der Waals surface area contributed by atoms with Crippen LogP contribution in [0.1, 0.15) is 29.8 Å². The number of aryl methyl sites for hydroxylation is 2. The van der Waals surface area contributed by atoms with E-state index in [1.807, 2.05) is 42.1 Å². The Labute approximate surface area is 146 Å². The molecule has 0 unspecified atom stereocenters. The summed E-state index contributed by atoms with van der Waals surface area (Å²) in [6.07, 6.45) is 11.2. The first kappa shape index (κ1) is 15.6. The van der Waals surface area contributed by atoms with Crippen LogP contribution in [0.2, 0.25) is 0 Å². The van der Waals surface area contributed by atoms with E-state index >= 15 is 0 Å². The maximum atomic E-state index is 5.54. The summed E-state index contributed by atoms with van der Waals surface area (Å²) in [5, 5.41) is 3.27. The van der Waals surface area contributed by atoms with Crippen LogP contribution in [0.3, 0.4) is 0 Å². The average Bonchev–Trinajstić information content (AvgIpc) is 3.07. The zero-order valence-corrected chi connectivity index (χ0v) is 14.4. The van der Waals surface area contributed by atoms with E-state index in [0.29, 0.717) is 5.95 Å². The van der Waals surface area contributed by atoms with E-state index in [2.05, 4.69) is 26.7 Å². The summed E-state index contributed by atoms with van der Waals surface area (Å²) in [5.74, 6) is 1.36. The fourth-order valence-electron chi connectivity index (χ4n) is 3.03. The monoisotopic (exact) mass is 334 g/mol. The van der Waals surface area contributed by atoms with Gasteiger partial charge in [0.05, 0.1) is 30.5 Å². The Morgan fingerprint density at radius 3 is 2.96 bits per heavy atom. The molecule has 1 aliphatic rings. The summed E-state index contributed by atoms with van der Waals surface area (Å²) in [7, 11) is 1.66. The van der Waals surface area contributed by atoms with Crippen molar-refractivity contribution in [3.05, 3.63) is 60.3 Å². The third kappa shape index (κ3) is 3.20. The van der Waals surface area contributed by atoms with Crippen LogP contribution in [0.5, 0.6) is 5.75 Å². The highest BCUT2D eigenvalue weighted by Gasteiger charge is 2.13. The lowest BCUT2D eigenvalue weighted by molar-refractivity contribution is 0.413. The molecule has 2 heterocycles. The molecule has 6 heteroatoms. The van der Waals surface area contributed by atoms with Gasteiger partial charge in [0.2, 0.25) is 5.95 Å². The summed E-state index contributed by atoms with van der Waals surface area (Å²) in [6.45, 7) is 1.96. The molecule has 127 valence electrons. The summed E-state index contributed by atoms with van der Waals surface area (Å²) in [4.78, 5) is 13.3. The highest BCUT2D eigenvalue weighted by Crippen LogP contribution is 2.28. The van der Waals surface area contributed by atoms with E-state index in [1.54, 1.807) is 13.4 Å².